The molecule has 6 nitrogen and oxygen atoms in total. The number of hydrogen-bond acceptors (Lipinski definition) is 5. The van der Waals surface area contributed by atoms with Gasteiger partial charge in [-0.3, -0.25) is 19.7 Å². The van der Waals surface area contributed by atoms with E-state index >= 15 is 0 Å². The van der Waals surface area contributed by atoms with E-state index in [0.717, 1.165) is 5.39 Å². The van der Waals surface area contributed by atoms with Crippen LogP contribution in [-0.4, -0.2) is 23.3 Å². The monoisotopic (exact) mass is 329 g/mol. The predicted molar refractivity (Wildman–Crippen MR) is 89.7 cm³/mol. The van der Waals surface area contributed by atoms with Gasteiger partial charge in [-0.1, -0.05) is 30.3 Å². The highest BCUT2D eigenvalue weighted by atomic mass is 16.6. The summed E-state index contributed by atoms with van der Waals surface area (Å²) in [5, 5.41) is 12.8. The molecule has 0 bridgehead atoms. The third-order valence-electron chi connectivity index (χ3n) is 3.93. The number of carbonyl (C=O) groups excluding carboxylic acids is 2. The van der Waals surface area contributed by atoms with Crippen molar-refractivity contribution in [2.75, 3.05) is 6.61 Å². The van der Waals surface area contributed by atoms with E-state index in [2.05, 4.69) is 0 Å². The Morgan fingerprint density at radius 2 is 1.92 bits per heavy atom. The topological polar surface area (TPSA) is 86.5 Å². The summed E-state index contributed by atoms with van der Waals surface area (Å²) < 4.78 is 4.91. The summed E-state index contributed by atoms with van der Waals surface area (Å²) in [5.41, 5.74) is 0.536. The van der Waals surface area contributed by atoms with E-state index in [0.29, 0.717) is 10.9 Å². The molecule has 0 heterocycles. The van der Waals surface area contributed by atoms with Gasteiger partial charge in [0, 0.05) is 5.56 Å². The van der Waals surface area contributed by atoms with Gasteiger partial charge in [-0.05, 0) is 38.1 Å². The molecule has 0 aromatic heterocycles. The molecule has 24 heavy (non-hydrogen) atoms. The van der Waals surface area contributed by atoms with E-state index in [1.807, 2.05) is 18.2 Å². The first-order chi connectivity index (χ1) is 11.5. The number of hydrogen-bond donors (Lipinski definition) is 0. The quantitative estimate of drug-likeness (QED) is 0.336. The van der Waals surface area contributed by atoms with E-state index in [-0.39, 0.29) is 30.9 Å². The van der Waals surface area contributed by atoms with Gasteiger partial charge in [0.05, 0.1) is 16.9 Å². The van der Waals surface area contributed by atoms with Crippen LogP contribution >= 0.6 is 0 Å². The summed E-state index contributed by atoms with van der Waals surface area (Å²) in [6.07, 6.45) is 0.442. The molecule has 0 saturated carbocycles. The highest BCUT2D eigenvalue weighted by Crippen LogP contribution is 2.31. The summed E-state index contributed by atoms with van der Waals surface area (Å²) in [6.45, 7) is 3.19. The van der Waals surface area contributed by atoms with Crippen LogP contribution in [0.5, 0.6) is 0 Å². The first-order valence-electron chi connectivity index (χ1n) is 7.77. The van der Waals surface area contributed by atoms with Gasteiger partial charge >= 0.3 is 5.97 Å². The van der Waals surface area contributed by atoms with Crippen molar-refractivity contribution in [1.29, 1.82) is 0 Å². The molecular formula is C18H19NO5. The minimum Gasteiger partial charge on any atom is -0.465 e. The number of aryl methyl sites for hydroxylation is 1. The van der Waals surface area contributed by atoms with Crippen LogP contribution in [0.2, 0.25) is 0 Å². The normalized spacial score (nSPS) is 11.9. The Bertz CT molecular complexity index is 784. The molecule has 0 N–H and O–H groups in total. The molecule has 1 unspecified atom stereocenters. The zero-order chi connectivity index (χ0) is 17.7. The fourth-order valence-corrected chi connectivity index (χ4v) is 2.75. The van der Waals surface area contributed by atoms with Crippen LogP contribution in [0.15, 0.2) is 36.4 Å². The van der Waals surface area contributed by atoms with Crippen molar-refractivity contribution in [3.8, 4) is 0 Å². The second kappa shape index (κ2) is 7.68. The molecule has 0 amide bonds. The molecular weight excluding hydrogens is 310 g/mol. The lowest BCUT2D eigenvalue weighted by molar-refractivity contribution is -0.383. The van der Waals surface area contributed by atoms with E-state index in [1.54, 1.807) is 25.1 Å². The van der Waals surface area contributed by atoms with Gasteiger partial charge in [-0.15, -0.1) is 0 Å². The lowest BCUT2D eigenvalue weighted by Crippen LogP contribution is -2.25. The standard InChI is InChI=1S/C18H19NO5/c1-3-24-18(21)15(12(2)20)11-10-14-9-8-13-6-4-5-7-16(13)17(14)19(22)23/h4-9,15H,3,10-11H2,1-2H3. The van der Waals surface area contributed by atoms with Crippen molar-refractivity contribution in [3.05, 3.63) is 52.1 Å². The molecule has 0 spiro atoms. The minimum atomic E-state index is -0.893. The van der Waals surface area contributed by atoms with E-state index in [9.17, 15) is 19.7 Å². The number of esters is 1. The van der Waals surface area contributed by atoms with Gasteiger partial charge < -0.3 is 4.74 Å². The van der Waals surface area contributed by atoms with Crippen molar-refractivity contribution in [2.24, 2.45) is 5.92 Å². The number of benzene rings is 2. The highest BCUT2D eigenvalue weighted by Gasteiger charge is 2.26. The summed E-state index contributed by atoms with van der Waals surface area (Å²) in [4.78, 5) is 34.6. The van der Waals surface area contributed by atoms with Crippen LogP contribution in [0.4, 0.5) is 5.69 Å². The lowest BCUT2D eigenvalue weighted by atomic mass is 9.94. The molecule has 6 heteroatoms. The Hall–Kier alpha value is -2.76. The third-order valence-corrected chi connectivity index (χ3v) is 3.93. The number of ketones is 1. The summed E-state index contributed by atoms with van der Waals surface area (Å²) in [5.74, 6) is -1.76. The molecule has 126 valence electrons. The molecule has 0 aliphatic heterocycles. The van der Waals surface area contributed by atoms with Crippen molar-refractivity contribution in [3.63, 3.8) is 0 Å². The highest BCUT2D eigenvalue weighted by molar-refractivity contribution is 5.97. The fourth-order valence-electron chi connectivity index (χ4n) is 2.75. The van der Waals surface area contributed by atoms with E-state index < -0.39 is 16.8 Å². The van der Waals surface area contributed by atoms with Gasteiger partial charge in [-0.2, -0.15) is 0 Å². The zero-order valence-corrected chi connectivity index (χ0v) is 13.7. The van der Waals surface area contributed by atoms with Crippen molar-refractivity contribution >= 4 is 28.2 Å². The van der Waals surface area contributed by atoms with Crippen LogP contribution in [0.1, 0.15) is 25.8 Å². The second-order valence-electron chi connectivity index (χ2n) is 5.51. The molecule has 0 fully saturated rings. The number of rotatable bonds is 7. The smallest absolute Gasteiger partial charge is 0.316 e. The van der Waals surface area contributed by atoms with Crippen LogP contribution in [0, 0.1) is 16.0 Å². The van der Waals surface area contributed by atoms with Gasteiger partial charge in [0.1, 0.15) is 11.7 Å². The minimum absolute atomic E-state index is 0.0271. The number of Topliss-reactive ketones (excluding diaryl/α,β-unsaturated/α-hetero) is 1. The molecule has 0 aliphatic carbocycles. The number of nitrogens with zero attached hydrogens (tertiary/aromatic N) is 1. The van der Waals surface area contributed by atoms with Crippen molar-refractivity contribution in [2.45, 2.75) is 26.7 Å². The zero-order valence-electron chi connectivity index (χ0n) is 13.7. The Kier molecular flexibility index (Phi) is 5.63. The van der Waals surface area contributed by atoms with E-state index in [1.165, 1.54) is 6.92 Å². The van der Waals surface area contributed by atoms with Crippen molar-refractivity contribution in [1.82, 2.24) is 0 Å². The molecule has 1 atom stereocenters. The van der Waals surface area contributed by atoms with E-state index in [4.69, 9.17) is 4.74 Å². The Morgan fingerprint density at radius 3 is 2.54 bits per heavy atom. The van der Waals surface area contributed by atoms with Gasteiger partial charge in [-0.25, -0.2) is 0 Å². The lowest BCUT2D eigenvalue weighted by Gasteiger charge is -2.13. The van der Waals surface area contributed by atoms with Crippen LogP contribution in [0.3, 0.4) is 0 Å². The molecule has 2 rings (SSSR count). The summed E-state index contributed by atoms with van der Waals surface area (Å²) in [6, 6.07) is 10.6. The Morgan fingerprint density at radius 1 is 1.21 bits per heavy atom. The SMILES string of the molecule is CCOC(=O)C(CCc1ccc2ccccc2c1[N+](=O)[O-])C(C)=O. The van der Waals surface area contributed by atoms with Gasteiger partial charge in [0.15, 0.2) is 0 Å². The number of nitro groups is 1. The number of carbonyl (C=O) groups is 2. The number of nitro benzene ring substituents is 1. The number of ether oxygens (including phenoxy) is 1. The van der Waals surface area contributed by atoms with Crippen LogP contribution in [-0.2, 0) is 20.7 Å². The largest absolute Gasteiger partial charge is 0.465 e. The first-order valence-corrected chi connectivity index (χ1v) is 7.77. The summed E-state index contributed by atoms with van der Waals surface area (Å²) >= 11 is 0. The number of fused-ring (bicyclic) bond motifs is 1. The van der Waals surface area contributed by atoms with Crippen LogP contribution < -0.4 is 0 Å². The molecule has 0 aliphatic rings. The Balaban J connectivity index is 2.32. The molecule has 0 saturated heterocycles. The van der Waals surface area contributed by atoms with Gasteiger partial charge in [0.2, 0.25) is 0 Å². The van der Waals surface area contributed by atoms with Crippen molar-refractivity contribution < 1.29 is 19.2 Å². The first kappa shape index (κ1) is 17.6. The fraction of sp³-hybridized carbons (Fsp3) is 0.333. The molecule has 0 radical (unpaired) electrons. The maximum absolute atomic E-state index is 11.9. The maximum Gasteiger partial charge on any atom is 0.316 e. The maximum atomic E-state index is 11.9. The average molecular weight is 329 g/mol. The van der Waals surface area contributed by atoms with Gasteiger partial charge in [0.25, 0.3) is 5.69 Å². The average Bonchev–Trinajstić information content (AvgIpc) is 2.54. The second-order valence-corrected chi connectivity index (χ2v) is 5.51. The summed E-state index contributed by atoms with van der Waals surface area (Å²) in [7, 11) is 0. The third kappa shape index (κ3) is 3.76. The molecule has 2 aromatic carbocycles. The Labute approximate surface area is 139 Å². The molecule has 2 aromatic rings. The predicted octanol–water partition coefficient (Wildman–Crippen LogP) is 3.45. The van der Waals surface area contributed by atoms with Crippen LogP contribution in [0.25, 0.3) is 10.8 Å².